The van der Waals surface area contributed by atoms with E-state index in [0.717, 1.165) is 11.1 Å². The predicted octanol–water partition coefficient (Wildman–Crippen LogP) is 2.86. The molecule has 1 aromatic carbocycles. The van der Waals surface area contributed by atoms with Crippen molar-refractivity contribution in [3.63, 3.8) is 0 Å². The second kappa shape index (κ2) is 4.21. The molecule has 4 heteroatoms. The molecule has 0 saturated carbocycles. The van der Waals surface area contributed by atoms with E-state index in [0.29, 0.717) is 16.4 Å². The number of aromatic nitrogens is 1. The van der Waals surface area contributed by atoms with Gasteiger partial charge in [0.05, 0.1) is 11.6 Å². The summed E-state index contributed by atoms with van der Waals surface area (Å²) >= 11 is 5.70. The number of halogens is 1. The van der Waals surface area contributed by atoms with Crippen LogP contribution in [-0.2, 0) is 0 Å². The van der Waals surface area contributed by atoms with Gasteiger partial charge in [-0.2, -0.15) is 5.26 Å². The minimum Gasteiger partial charge on any atom is -0.398 e. The molecule has 2 rings (SSSR count). The van der Waals surface area contributed by atoms with Gasteiger partial charge >= 0.3 is 0 Å². The summed E-state index contributed by atoms with van der Waals surface area (Å²) in [5.41, 5.74) is 8.67. The zero-order valence-corrected chi connectivity index (χ0v) is 9.07. The highest BCUT2D eigenvalue weighted by Crippen LogP contribution is 2.26. The summed E-state index contributed by atoms with van der Waals surface area (Å²) in [6.45, 7) is 0. The van der Waals surface area contributed by atoms with Gasteiger partial charge in [-0.1, -0.05) is 11.6 Å². The van der Waals surface area contributed by atoms with Crippen molar-refractivity contribution in [1.82, 2.24) is 4.98 Å². The van der Waals surface area contributed by atoms with E-state index < -0.39 is 0 Å². The van der Waals surface area contributed by atoms with Crippen molar-refractivity contribution >= 4 is 17.3 Å². The molecule has 0 aliphatic heterocycles. The number of rotatable bonds is 1. The molecule has 0 spiro atoms. The molecule has 0 bridgehead atoms. The quantitative estimate of drug-likeness (QED) is 0.604. The van der Waals surface area contributed by atoms with Crippen LogP contribution in [0.15, 0.2) is 36.5 Å². The van der Waals surface area contributed by atoms with Gasteiger partial charge in [0, 0.05) is 23.0 Å². The molecule has 2 N–H and O–H groups in total. The Bertz CT molecular complexity index is 555. The van der Waals surface area contributed by atoms with Crippen LogP contribution < -0.4 is 5.73 Å². The topological polar surface area (TPSA) is 62.7 Å². The number of benzene rings is 1. The Morgan fingerprint density at radius 1 is 1.25 bits per heavy atom. The lowest BCUT2D eigenvalue weighted by Gasteiger charge is -2.05. The maximum atomic E-state index is 8.82. The van der Waals surface area contributed by atoms with E-state index in [1.165, 1.54) is 0 Å². The standard InChI is InChI=1S/C12H8ClN3/c13-12-4-2-9(7-16-12)10-5-8(6-14)1-3-11(10)15/h1-5,7H,15H2. The van der Waals surface area contributed by atoms with Crippen LogP contribution in [0.5, 0.6) is 0 Å². The summed E-state index contributed by atoms with van der Waals surface area (Å²) in [4.78, 5) is 3.98. The van der Waals surface area contributed by atoms with Crippen LogP contribution in [0, 0.1) is 11.3 Å². The van der Waals surface area contributed by atoms with Gasteiger partial charge in [-0.05, 0) is 30.3 Å². The van der Waals surface area contributed by atoms with E-state index in [9.17, 15) is 0 Å². The highest BCUT2D eigenvalue weighted by molar-refractivity contribution is 6.29. The van der Waals surface area contributed by atoms with Crippen molar-refractivity contribution in [3.05, 3.63) is 47.2 Å². The molecular formula is C12H8ClN3. The molecule has 0 atom stereocenters. The Labute approximate surface area is 98.1 Å². The summed E-state index contributed by atoms with van der Waals surface area (Å²) in [5, 5.41) is 9.25. The molecule has 78 valence electrons. The molecule has 0 fully saturated rings. The average molecular weight is 230 g/mol. The van der Waals surface area contributed by atoms with Crippen LogP contribution in [0.4, 0.5) is 5.69 Å². The summed E-state index contributed by atoms with van der Waals surface area (Å²) in [6.07, 6.45) is 1.63. The number of nitrogen functional groups attached to an aromatic ring is 1. The van der Waals surface area contributed by atoms with Crippen LogP contribution in [0.25, 0.3) is 11.1 Å². The molecule has 0 unspecified atom stereocenters. The van der Waals surface area contributed by atoms with Crippen LogP contribution >= 0.6 is 11.6 Å². The Hall–Kier alpha value is -2.05. The molecule has 0 saturated heterocycles. The van der Waals surface area contributed by atoms with Gasteiger partial charge in [0.25, 0.3) is 0 Å². The SMILES string of the molecule is N#Cc1ccc(N)c(-c2ccc(Cl)nc2)c1. The first-order valence-corrected chi connectivity index (χ1v) is 5.00. The van der Waals surface area contributed by atoms with E-state index in [1.807, 2.05) is 6.07 Å². The number of anilines is 1. The molecule has 16 heavy (non-hydrogen) atoms. The van der Waals surface area contributed by atoms with Gasteiger partial charge in [0.1, 0.15) is 5.15 Å². The van der Waals surface area contributed by atoms with Crippen molar-refractivity contribution in [2.45, 2.75) is 0 Å². The third kappa shape index (κ3) is 1.97. The van der Waals surface area contributed by atoms with Gasteiger partial charge in [-0.25, -0.2) is 4.98 Å². The summed E-state index contributed by atoms with van der Waals surface area (Å²) in [5.74, 6) is 0. The van der Waals surface area contributed by atoms with Crippen molar-refractivity contribution in [2.75, 3.05) is 5.73 Å². The van der Waals surface area contributed by atoms with Gasteiger partial charge < -0.3 is 5.73 Å². The van der Waals surface area contributed by atoms with Crippen molar-refractivity contribution in [3.8, 4) is 17.2 Å². The fraction of sp³-hybridized carbons (Fsp3) is 0. The fourth-order valence-electron chi connectivity index (χ4n) is 1.41. The molecular weight excluding hydrogens is 222 g/mol. The third-order valence-corrected chi connectivity index (χ3v) is 2.44. The highest BCUT2D eigenvalue weighted by atomic mass is 35.5. The first kappa shape index (κ1) is 10.5. The van der Waals surface area contributed by atoms with E-state index >= 15 is 0 Å². The number of pyridine rings is 1. The minimum atomic E-state index is 0.429. The lowest BCUT2D eigenvalue weighted by molar-refractivity contribution is 1.33. The number of nitriles is 1. The highest BCUT2D eigenvalue weighted by Gasteiger charge is 2.04. The van der Waals surface area contributed by atoms with Crippen molar-refractivity contribution < 1.29 is 0 Å². The Balaban J connectivity index is 2.55. The van der Waals surface area contributed by atoms with Crippen LogP contribution in [0.3, 0.4) is 0 Å². The molecule has 3 nitrogen and oxygen atoms in total. The second-order valence-electron chi connectivity index (χ2n) is 3.28. The molecule has 0 radical (unpaired) electrons. The smallest absolute Gasteiger partial charge is 0.129 e. The Morgan fingerprint density at radius 2 is 2.06 bits per heavy atom. The normalized spacial score (nSPS) is 9.75. The van der Waals surface area contributed by atoms with Crippen LogP contribution in [0.2, 0.25) is 5.15 Å². The number of hydrogen-bond donors (Lipinski definition) is 1. The maximum absolute atomic E-state index is 8.82. The minimum absolute atomic E-state index is 0.429. The second-order valence-corrected chi connectivity index (χ2v) is 3.67. The van der Waals surface area contributed by atoms with Gasteiger partial charge in [0.2, 0.25) is 0 Å². The molecule has 0 aliphatic carbocycles. The molecule has 1 aromatic heterocycles. The van der Waals surface area contributed by atoms with E-state index in [-0.39, 0.29) is 0 Å². The Kier molecular flexibility index (Phi) is 2.76. The zero-order chi connectivity index (χ0) is 11.5. The zero-order valence-electron chi connectivity index (χ0n) is 8.31. The summed E-state index contributed by atoms with van der Waals surface area (Å²) in [7, 11) is 0. The van der Waals surface area contributed by atoms with E-state index in [1.54, 1.807) is 30.5 Å². The number of nitrogens with two attached hydrogens (primary N) is 1. The van der Waals surface area contributed by atoms with Crippen LogP contribution in [-0.4, -0.2) is 4.98 Å². The van der Waals surface area contributed by atoms with Gasteiger partial charge in [-0.15, -0.1) is 0 Å². The predicted molar refractivity (Wildman–Crippen MR) is 63.8 cm³/mol. The van der Waals surface area contributed by atoms with Crippen molar-refractivity contribution in [1.29, 1.82) is 5.26 Å². The monoisotopic (exact) mass is 229 g/mol. The fourth-order valence-corrected chi connectivity index (χ4v) is 1.52. The van der Waals surface area contributed by atoms with Crippen LogP contribution in [0.1, 0.15) is 5.56 Å². The number of nitrogens with zero attached hydrogens (tertiary/aromatic N) is 2. The van der Waals surface area contributed by atoms with Gasteiger partial charge in [0.15, 0.2) is 0 Å². The Morgan fingerprint density at radius 3 is 2.69 bits per heavy atom. The van der Waals surface area contributed by atoms with Gasteiger partial charge in [-0.3, -0.25) is 0 Å². The lowest BCUT2D eigenvalue weighted by Crippen LogP contribution is -1.91. The number of hydrogen-bond acceptors (Lipinski definition) is 3. The maximum Gasteiger partial charge on any atom is 0.129 e. The molecule has 0 amide bonds. The first-order chi connectivity index (χ1) is 7.70. The first-order valence-electron chi connectivity index (χ1n) is 4.62. The summed E-state index contributed by atoms with van der Waals surface area (Å²) < 4.78 is 0. The average Bonchev–Trinajstić information content (AvgIpc) is 2.31. The van der Waals surface area contributed by atoms with Crippen molar-refractivity contribution in [2.24, 2.45) is 0 Å². The lowest BCUT2D eigenvalue weighted by atomic mass is 10.0. The molecule has 1 heterocycles. The molecule has 0 aliphatic rings. The van der Waals surface area contributed by atoms with E-state index in [2.05, 4.69) is 11.1 Å². The third-order valence-electron chi connectivity index (χ3n) is 2.22. The molecule has 2 aromatic rings. The largest absolute Gasteiger partial charge is 0.398 e. The summed E-state index contributed by atoms with van der Waals surface area (Å²) in [6, 6.07) is 10.7. The van der Waals surface area contributed by atoms with E-state index in [4.69, 9.17) is 22.6 Å².